The van der Waals surface area contributed by atoms with Crippen molar-refractivity contribution in [2.75, 3.05) is 11.9 Å². The van der Waals surface area contributed by atoms with Crippen LogP contribution in [0, 0.1) is 0 Å². The molecular formula is C9H9F3N2S. The lowest BCUT2D eigenvalue weighted by Crippen LogP contribution is -2.36. The maximum atomic E-state index is 11.8. The Hall–Kier alpha value is -1.30. The Labute approximate surface area is 90.5 Å². The lowest BCUT2D eigenvalue weighted by Gasteiger charge is -2.11. The van der Waals surface area contributed by atoms with Crippen molar-refractivity contribution in [3.8, 4) is 0 Å². The lowest BCUT2D eigenvalue weighted by molar-refractivity contribution is -0.121. The molecule has 0 fully saturated rings. The number of thiocarbonyl (C=S) groups is 1. The quantitative estimate of drug-likeness (QED) is 0.769. The molecule has 0 aliphatic carbocycles. The molecule has 1 rings (SSSR count). The fraction of sp³-hybridized carbons (Fsp3) is 0.222. The number of alkyl halides is 3. The van der Waals surface area contributed by atoms with E-state index in [1.165, 1.54) is 0 Å². The predicted octanol–water partition coefficient (Wildman–Crippen LogP) is 2.54. The van der Waals surface area contributed by atoms with Gasteiger partial charge in [0, 0.05) is 5.69 Å². The molecule has 0 unspecified atom stereocenters. The molecule has 0 saturated carbocycles. The monoisotopic (exact) mass is 234 g/mol. The Morgan fingerprint density at radius 1 is 1.20 bits per heavy atom. The third-order valence-electron chi connectivity index (χ3n) is 1.48. The molecule has 0 radical (unpaired) electrons. The average Bonchev–Trinajstić information content (AvgIpc) is 2.15. The first-order valence-electron chi connectivity index (χ1n) is 4.14. The first kappa shape index (κ1) is 11.8. The van der Waals surface area contributed by atoms with Crippen LogP contribution in [-0.4, -0.2) is 17.8 Å². The number of benzene rings is 1. The summed E-state index contributed by atoms with van der Waals surface area (Å²) >= 11 is 4.68. The highest BCUT2D eigenvalue weighted by atomic mass is 32.1. The van der Waals surface area contributed by atoms with E-state index in [1.807, 2.05) is 0 Å². The average molecular weight is 234 g/mol. The van der Waals surface area contributed by atoms with Crippen molar-refractivity contribution in [3.05, 3.63) is 30.3 Å². The zero-order valence-corrected chi connectivity index (χ0v) is 8.45. The second kappa shape index (κ2) is 4.97. The smallest absolute Gasteiger partial charge is 0.353 e. The summed E-state index contributed by atoms with van der Waals surface area (Å²) in [5.74, 6) is 0. The van der Waals surface area contributed by atoms with Gasteiger partial charge in [-0.15, -0.1) is 0 Å². The van der Waals surface area contributed by atoms with E-state index in [2.05, 4.69) is 22.9 Å². The molecule has 0 aliphatic rings. The van der Waals surface area contributed by atoms with Crippen molar-refractivity contribution in [2.24, 2.45) is 0 Å². The van der Waals surface area contributed by atoms with E-state index in [9.17, 15) is 13.2 Å². The van der Waals surface area contributed by atoms with Gasteiger partial charge in [0.25, 0.3) is 0 Å². The predicted molar refractivity (Wildman–Crippen MR) is 56.7 cm³/mol. The van der Waals surface area contributed by atoms with Gasteiger partial charge >= 0.3 is 6.18 Å². The topological polar surface area (TPSA) is 24.1 Å². The van der Waals surface area contributed by atoms with Gasteiger partial charge in [-0.05, 0) is 24.4 Å². The highest BCUT2D eigenvalue weighted by Crippen LogP contribution is 2.12. The number of anilines is 1. The van der Waals surface area contributed by atoms with Crippen LogP contribution < -0.4 is 10.6 Å². The van der Waals surface area contributed by atoms with Crippen LogP contribution in [-0.2, 0) is 0 Å². The van der Waals surface area contributed by atoms with Gasteiger partial charge in [-0.2, -0.15) is 13.2 Å². The third kappa shape index (κ3) is 5.21. The molecule has 1 aromatic carbocycles. The van der Waals surface area contributed by atoms with E-state index in [4.69, 9.17) is 0 Å². The number of nitrogens with one attached hydrogen (secondary N) is 2. The molecule has 2 N–H and O–H groups in total. The molecule has 6 heteroatoms. The van der Waals surface area contributed by atoms with Crippen molar-refractivity contribution < 1.29 is 13.2 Å². The van der Waals surface area contributed by atoms with Crippen molar-refractivity contribution in [2.45, 2.75) is 6.18 Å². The van der Waals surface area contributed by atoms with Crippen molar-refractivity contribution in [3.63, 3.8) is 0 Å². The van der Waals surface area contributed by atoms with Crippen molar-refractivity contribution in [1.29, 1.82) is 0 Å². The molecular weight excluding hydrogens is 225 g/mol. The largest absolute Gasteiger partial charge is 0.405 e. The second-order valence-corrected chi connectivity index (χ2v) is 3.20. The zero-order chi connectivity index (χ0) is 11.3. The standard InChI is InChI=1S/C9H9F3N2S/c10-9(11,12)6-13-8(15)14-7-4-2-1-3-5-7/h1-5H,6H2,(H2,13,14,15). The highest BCUT2D eigenvalue weighted by Gasteiger charge is 2.26. The molecule has 15 heavy (non-hydrogen) atoms. The fourth-order valence-corrected chi connectivity index (χ4v) is 1.07. The molecule has 0 heterocycles. The molecule has 0 saturated heterocycles. The van der Waals surface area contributed by atoms with E-state index in [0.717, 1.165) is 0 Å². The number of halogens is 3. The van der Waals surface area contributed by atoms with Crippen LogP contribution in [0.4, 0.5) is 18.9 Å². The van der Waals surface area contributed by atoms with Gasteiger partial charge < -0.3 is 10.6 Å². The minimum absolute atomic E-state index is 0.0430. The van der Waals surface area contributed by atoms with E-state index in [1.54, 1.807) is 30.3 Å². The SMILES string of the molecule is FC(F)(F)CNC(=S)Nc1ccccc1. The van der Waals surface area contributed by atoms with Crippen LogP contribution in [0.25, 0.3) is 0 Å². The van der Waals surface area contributed by atoms with Crippen molar-refractivity contribution in [1.82, 2.24) is 5.32 Å². The summed E-state index contributed by atoms with van der Waals surface area (Å²) in [5, 5.41) is 4.66. The normalized spacial score (nSPS) is 10.9. The summed E-state index contributed by atoms with van der Waals surface area (Å²) in [6.07, 6.45) is -4.26. The molecule has 0 atom stereocenters. The van der Waals surface area contributed by atoms with Crippen LogP contribution >= 0.6 is 12.2 Å². The van der Waals surface area contributed by atoms with Gasteiger partial charge in [0.05, 0.1) is 0 Å². The summed E-state index contributed by atoms with van der Waals surface area (Å²) in [6.45, 7) is -1.13. The van der Waals surface area contributed by atoms with Crippen molar-refractivity contribution >= 4 is 23.0 Å². The third-order valence-corrected chi connectivity index (χ3v) is 1.73. The molecule has 0 aliphatic heterocycles. The number of hydrogen-bond donors (Lipinski definition) is 2. The summed E-state index contributed by atoms with van der Waals surface area (Å²) in [4.78, 5) is 0. The van der Waals surface area contributed by atoms with Crippen LogP contribution in [0.15, 0.2) is 30.3 Å². The Bertz CT molecular complexity index is 324. The number of hydrogen-bond acceptors (Lipinski definition) is 1. The zero-order valence-electron chi connectivity index (χ0n) is 7.64. The number of para-hydroxylation sites is 1. The second-order valence-electron chi connectivity index (χ2n) is 2.79. The van der Waals surface area contributed by atoms with Gasteiger partial charge in [-0.3, -0.25) is 0 Å². The fourth-order valence-electron chi connectivity index (χ4n) is 0.877. The Morgan fingerprint density at radius 3 is 2.33 bits per heavy atom. The minimum atomic E-state index is -4.26. The van der Waals surface area contributed by atoms with E-state index >= 15 is 0 Å². The maximum absolute atomic E-state index is 11.8. The molecule has 82 valence electrons. The summed E-state index contributed by atoms with van der Waals surface area (Å²) < 4.78 is 35.4. The van der Waals surface area contributed by atoms with Crippen LogP contribution in [0.3, 0.4) is 0 Å². The van der Waals surface area contributed by atoms with Gasteiger partial charge in [0.2, 0.25) is 0 Å². The summed E-state index contributed by atoms with van der Waals surface area (Å²) in [5.41, 5.74) is 0.650. The van der Waals surface area contributed by atoms with Gasteiger partial charge in [-0.25, -0.2) is 0 Å². The van der Waals surface area contributed by atoms with Crippen LogP contribution in [0.2, 0.25) is 0 Å². The molecule has 1 aromatic rings. The minimum Gasteiger partial charge on any atom is -0.353 e. The Kier molecular flexibility index (Phi) is 3.90. The first-order valence-corrected chi connectivity index (χ1v) is 4.55. The Morgan fingerprint density at radius 2 is 1.80 bits per heavy atom. The van der Waals surface area contributed by atoms with E-state index in [-0.39, 0.29) is 5.11 Å². The summed E-state index contributed by atoms with van der Waals surface area (Å²) in [7, 11) is 0. The van der Waals surface area contributed by atoms with Gasteiger partial charge in [-0.1, -0.05) is 18.2 Å². The number of rotatable bonds is 2. The highest BCUT2D eigenvalue weighted by molar-refractivity contribution is 7.80. The van der Waals surface area contributed by atoms with Gasteiger partial charge in [0.1, 0.15) is 6.54 Å². The lowest BCUT2D eigenvalue weighted by atomic mass is 10.3. The van der Waals surface area contributed by atoms with E-state index < -0.39 is 12.7 Å². The van der Waals surface area contributed by atoms with E-state index in [0.29, 0.717) is 5.69 Å². The molecule has 2 nitrogen and oxygen atoms in total. The molecule has 0 spiro atoms. The van der Waals surface area contributed by atoms with Crippen LogP contribution in [0.1, 0.15) is 0 Å². The molecule has 0 amide bonds. The summed E-state index contributed by atoms with van der Waals surface area (Å²) in [6, 6.07) is 8.74. The van der Waals surface area contributed by atoms with Gasteiger partial charge in [0.15, 0.2) is 5.11 Å². The van der Waals surface area contributed by atoms with Crippen LogP contribution in [0.5, 0.6) is 0 Å². The maximum Gasteiger partial charge on any atom is 0.405 e. The Balaban J connectivity index is 2.38. The first-order chi connectivity index (χ1) is 6.97. The molecule has 0 aromatic heterocycles. The molecule has 0 bridgehead atoms.